The standard InChI is InChI=1S/C13H17O2/c1-4-11-12(10(3)9-14)7-6-8-13(11)15-5-2/h4,6-8,10,14H,1,3,5,9H2,2H3. The Morgan fingerprint density at radius 3 is 2.80 bits per heavy atom. The molecule has 0 heterocycles. The predicted octanol–water partition coefficient (Wildman–Crippen LogP) is 2.64. The van der Waals surface area contributed by atoms with Gasteiger partial charge in [0, 0.05) is 18.1 Å². The Balaban J connectivity index is 3.15. The molecule has 0 fully saturated rings. The molecular weight excluding hydrogens is 188 g/mol. The van der Waals surface area contributed by atoms with Gasteiger partial charge in [0.05, 0.1) is 6.61 Å². The highest BCUT2D eigenvalue weighted by molar-refractivity contribution is 5.61. The van der Waals surface area contributed by atoms with Crippen LogP contribution in [-0.2, 0) is 0 Å². The fraction of sp³-hybridized carbons (Fsp3) is 0.308. The number of rotatable bonds is 5. The Morgan fingerprint density at radius 2 is 2.27 bits per heavy atom. The number of hydrogen-bond acceptors (Lipinski definition) is 2. The van der Waals surface area contributed by atoms with Crippen LogP contribution in [0.5, 0.6) is 5.75 Å². The lowest BCUT2D eigenvalue weighted by atomic mass is 9.95. The van der Waals surface area contributed by atoms with Crippen LogP contribution in [-0.4, -0.2) is 18.3 Å². The minimum atomic E-state index is -0.140. The first-order chi connectivity index (χ1) is 7.24. The molecule has 1 radical (unpaired) electrons. The van der Waals surface area contributed by atoms with E-state index in [0.717, 1.165) is 16.9 Å². The first-order valence-electron chi connectivity index (χ1n) is 5.06. The van der Waals surface area contributed by atoms with Gasteiger partial charge in [0.1, 0.15) is 5.75 Å². The molecule has 1 rings (SSSR count). The summed E-state index contributed by atoms with van der Waals surface area (Å²) in [5.41, 5.74) is 1.90. The van der Waals surface area contributed by atoms with Crippen molar-refractivity contribution in [3.8, 4) is 5.75 Å². The van der Waals surface area contributed by atoms with Crippen molar-refractivity contribution in [3.63, 3.8) is 0 Å². The molecule has 2 heteroatoms. The summed E-state index contributed by atoms with van der Waals surface area (Å²) in [6, 6.07) is 5.74. The molecule has 81 valence electrons. The summed E-state index contributed by atoms with van der Waals surface area (Å²) in [6.07, 6.45) is 1.74. The lowest BCUT2D eigenvalue weighted by molar-refractivity contribution is 0.282. The molecule has 1 aromatic carbocycles. The van der Waals surface area contributed by atoms with Gasteiger partial charge in [-0.2, -0.15) is 0 Å². The van der Waals surface area contributed by atoms with Crippen molar-refractivity contribution in [2.24, 2.45) is 0 Å². The molecule has 15 heavy (non-hydrogen) atoms. The van der Waals surface area contributed by atoms with E-state index in [2.05, 4.69) is 13.5 Å². The molecule has 0 aliphatic heterocycles. The van der Waals surface area contributed by atoms with Crippen LogP contribution >= 0.6 is 0 Å². The molecular formula is C13H17O2. The zero-order valence-corrected chi connectivity index (χ0v) is 9.07. The average Bonchev–Trinajstić information content (AvgIpc) is 2.28. The summed E-state index contributed by atoms with van der Waals surface area (Å²) in [6.45, 7) is 10.2. The van der Waals surface area contributed by atoms with Gasteiger partial charge in [-0.15, -0.1) is 0 Å². The minimum Gasteiger partial charge on any atom is -0.493 e. The van der Waals surface area contributed by atoms with Gasteiger partial charge >= 0.3 is 0 Å². The van der Waals surface area contributed by atoms with E-state index in [1.54, 1.807) is 6.08 Å². The Bertz CT molecular complexity index is 331. The fourth-order valence-electron chi connectivity index (χ4n) is 1.52. The third-order valence-electron chi connectivity index (χ3n) is 2.26. The molecule has 0 saturated carbocycles. The van der Waals surface area contributed by atoms with Gasteiger partial charge in [-0.25, -0.2) is 0 Å². The lowest BCUT2D eigenvalue weighted by Gasteiger charge is -2.15. The fourth-order valence-corrected chi connectivity index (χ4v) is 1.52. The van der Waals surface area contributed by atoms with Gasteiger partial charge in [-0.1, -0.05) is 24.8 Å². The van der Waals surface area contributed by atoms with Crippen molar-refractivity contribution in [1.29, 1.82) is 0 Å². The van der Waals surface area contributed by atoms with E-state index in [1.807, 2.05) is 25.1 Å². The van der Waals surface area contributed by atoms with Crippen LogP contribution in [0, 0.1) is 6.92 Å². The van der Waals surface area contributed by atoms with Gasteiger partial charge in [0.15, 0.2) is 0 Å². The van der Waals surface area contributed by atoms with Gasteiger partial charge < -0.3 is 9.84 Å². The van der Waals surface area contributed by atoms with E-state index in [4.69, 9.17) is 9.84 Å². The molecule has 0 aromatic heterocycles. The normalized spacial score (nSPS) is 12.2. The van der Waals surface area contributed by atoms with E-state index in [0.29, 0.717) is 6.61 Å². The van der Waals surface area contributed by atoms with Crippen LogP contribution in [0.25, 0.3) is 6.08 Å². The van der Waals surface area contributed by atoms with Crippen molar-refractivity contribution in [2.75, 3.05) is 13.2 Å². The summed E-state index contributed by atoms with van der Waals surface area (Å²) < 4.78 is 5.48. The number of benzene rings is 1. The van der Waals surface area contributed by atoms with E-state index in [-0.39, 0.29) is 12.5 Å². The second-order valence-corrected chi connectivity index (χ2v) is 3.28. The highest BCUT2D eigenvalue weighted by atomic mass is 16.5. The van der Waals surface area contributed by atoms with Crippen LogP contribution in [0.15, 0.2) is 24.8 Å². The van der Waals surface area contributed by atoms with Crippen LogP contribution in [0.4, 0.5) is 0 Å². The second-order valence-electron chi connectivity index (χ2n) is 3.28. The van der Waals surface area contributed by atoms with Crippen molar-refractivity contribution in [1.82, 2.24) is 0 Å². The summed E-state index contributed by atoms with van der Waals surface area (Å²) in [5, 5.41) is 9.09. The molecule has 0 aliphatic rings. The zero-order valence-electron chi connectivity index (χ0n) is 9.07. The summed E-state index contributed by atoms with van der Waals surface area (Å²) in [4.78, 5) is 0. The highest BCUT2D eigenvalue weighted by Gasteiger charge is 2.11. The maximum Gasteiger partial charge on any atom is 0.126 e. The minimum absolute atomic E-state index is 0.0242. The molecule has 0 bridgehead atoms. The van der Waals surface area contributed by atoms with Crippen molar-refractivity contribution in [3.05, 3.63) is 42.8 Å². The molecule has 1 aromatic rings. The molecule has 0 spiro atoms. The topological polar surface area (TPSA) is 29.5 Å². The highest BCUT2D eigenvalue weighted by Crippen LogP contribution is 2.28. The Hall–Kier alpha value is -1.28. The number of aliphatic hydroxyl groups is 1. The van der Waals surface area contributed by atoms with E-state index >= 15 is 0 Å². The monoisotopic (exact) mass is 205 g/mol. The lowest BCUT2D eigenvalue weighted by Crippen LogP contribution is -2.04. The predicted molar refractivity (Wildman–Crippen MR) is 62.9 cm³/mol. The van der Waals surface area contributed by atoms with Gasteiger partial charge in [-0.05, 0) is 25.5 Å². The van der Waals surface area contributed by atoms with Crippen molar-refractivity contribution in [2.45, 2.75) is 12.8 Å². The molecule has 0 aliphatic carbocycles. The Labute approximate surface area is 91.2 Å². The third kappa shape index (κ3) is 2.60. The second kappa shape index (κ2) is 5.56. The smallest absolute Gasteiger partial charge is 0.126 e. The van der Waals surface area contributed by atoms with Crippen molar-refractivity contribution >= 4 is 6.08 Å². The maximum absolute atomic E-state index is 9.09. The van der Waals surface area contributed by atoms with E-state index < -0.39 is 0 Å². The van der Waals surface area contributed by atoms with Crippen LogP contribution in [0.3, 0.4) is 0 Å². The number of hydrogen-bond donors (Lipinski definition) is 1. The van der Waals surface area contributed by atoms with Gasteiger partial charge in [0.25, 0.3) is 0 Å². The van der Waals surface area contributed by atoms with E-state index in [9.17, 15) is 0 Å². The van der Waals surface area contributed by atoms with Gasteiger partial charge in [0.2, 0.25) is 0 Å². The quantitative estimate of drug-likeness (QED) is 0.800. The number of ether oxygens (including phenoxy) is 1. The zero-order chi connectivity index (χ0) is 11.3. The molecule has 1 N–H and O–H groups in total. The SMILES string of the molecule is [CH2]C(CO)c1cccc(OCC)c1C=C. The summed E-state index contributed by atoms with van der Waals surface area (Å²) in [7, 11) is 0. The van der Waals surface area contributed by atoms with E-state index in [1.165, 1.54) is 0 Å². The van der Waals surface area contributed by atoms with Crippen molar-refractivity contribution < 1.29 is 9.84 Å². The first-order valence-corrected chi connectivity index (χ1v) is 5.06. The Morgan fingerprint density at radius 1 is 1.53 bits per heavy atom. The average molecular weight is 205 g/mol. The molecule has 2 nitrogen and oxygen atoms in total. The third-order valence-corrected chi connectivity index (χ3v) is 2.26. The molecule has 0 saturated heterocycles. The van der Waals surface area contributed by atoms with Crippen LogP contribution in [0.2, 0.25) is 0 Å². The summed E-state index contributed by atoms with van der Waals surface area (Å²) >= 11 is 0. The number of aliphatic hydroxyl groups excluding tert-OH is 1. The van der Waals surface area contributed by atoms with Crippen LogP contribution < -0.4 is 4.74 Å². The summed E-state index contributed by atoms with van der Waals surface area (Å²) in [5.74, 6) is 0.658. The molecule has 0 amide bonds. The first kappa shape index (κ1) is 11.8. The van der Waals surface area contributed by atoms with Gasteiger partial charge in [-0.3, -0.25) is 0 Å². The van der Waals surface area contributed by atoms with Crippen LogP contribution in [0.1, 0.15) is 24.0 Å². The Kier molecular flexibility index (Phi) is 4.37. The maximum atomic E-state index is 9.09. The largest absolute Gasteiger partial charge is 0.493 e. The molecule has 1 atom stereocenters. The molecule has 1 unspecified atom stereocenters.